The molecule has 2 heterocycles. The van der Waals surface area contributed by atoms with E-state index in [9.17, 15) is 4.79 Å². The highest BCUT2D eigenvalue weighted by Gasteiger charge is 2.45. The second-order valence-corrected chi connectivity index (χ2v) is 7.01. The van der Waals surface area contributed by atoms with Crippen LogP contribution in [-0.2, 0) is 11.2 Å². The first-order valence-electron chi connectivity index (χ1n) is 9.05. The summed E-state index contributed by atoms with van der Waals surface area (Å²) in [6.45, 7) is 4.70. The van der Waals surface area contributed by atoms with E-state index in [1.54, 1.807) is 6.26 Å². The molecule has 1 N–H and O–H groups in total. The van der Waals surface area contributed by atoms with Crippen molar-refractivity contribution < 1.29 is 9.21 Å². The molecule has 0 radical (unpaired) electrons. The Hall–Kier alpha value is -2.82. The third-order valence-corrected chi connectivity index (χ3v) is 4.94. The Balaban J connectivity index is 1.27. The zero-order valence-electron chi connectivity index (χ0n) is 15.1. The van der Waals surface area contributed by atoms with Crippen LogP contribution in [0.5, 0.6) is 0 Å². The Morgan fingerprint density at radius 1 is 1.27 bits per heavy atom. The molecule has 4 rings (SSSR count). The first-order valence-corrected chi connectivity index (χ1v) is 9.05. The fraction of sp³-hybridized carbons (Fsp3) is 0.333. The lowest BCUT2D eigenvalue weighted by Gasteiger charge is -2.07. The average molecular weight is 349 g/mol. The number of carbonyl (C=O) groups excluding carboxylic acids is 1. The number of furan rings is 1. The van der Waals surface area contributed by atoms with Gasteiger partial charge in [-0.3, -0.25) is 4.79 Å². The van der Waals surface area contributed by atoms with E-state index < -0.39 is 0 Å². The summed E-state index contributed by atoms with van der Waals surface area (Å²) in [6.07, 6.45) is 3.37. The Labute approximate surface area is 153 Å². The Kier molecular flexibility index (Phi) is 4.37. The standard InChI is InChI=1S/C21H23N3O2/c1-14-12-15(2)24(23-14)17-7-5-16(6-8-17)9-10-22-21(25)19-13-18(19)20-4-3-11-26-20/h3-8,11-12,18-19H,9-10,13H2,1-2H3,(H,22,25)/t18-,19+/m1/s1. The highest BCUT2D eigenvalue weighted by atomic mass is 16.3. The van der Waals surface area contributed by atoms with Gasteiger partial charge in [-0.15, -0.1) is 0 Å². The smallest absolute Gasteiger partial charge is 0.223 e. The van der Waals surface area contributed by atoms with E-state index in [0.717, 1.165) is 35.7 Å². The molecule has 2 aromatic heterocycles. The summed E-state index contributed by atoms with van der Waals surface area (Å²) in [6, 6.07) is 14.2. The molecule has 0 unspecified atom stereocenters. The maximum atomic E-state index is 12.2. The van der Waals surface area contributed by atoms with Gasteiger partial charge < -0.3 is 9.73 Å². The van der Waals surface area contributed by atoms with Crippen molar-refractivity contribution in [1.82, 2.24) is 15.1 Å². The van der Waals surface area contributed by atoms with E-state index in [1.165, 1.54) is 5.56 Å². The number of aromatic nitrogens is 2. The fourth-order valence-corrected chi connectivity index (χ4v) is 3.46. The third kappa shape index (κ3) is 3.43. The van der Waals surface area contributed by atoms with Gasteiger partial charge >= 0.3 is 0 Å². The number of carbonyl (C=O) groups is 1. The van der Waals surface area contributed by atoms with Crippen molar-refractivity contribution in [3.05, 3.63) is 71.4 Å². The number of rotatable bonds is 6. The van der Waals surface area contributed by atoms with E-state index in [1.807, 2.05) is 23.7 Å². The minimum atomic E-state index is 0.0644. The molecule has 1 aromatic carbocycles. The van der Waals surface area contributed by atoms with Gasteiger partial charge in [-0.2, -0.15) is 5.10 Å². The summed E-state index contributed by atoms with van der Waals surface area (Å²) in [4.78, 5) is 12.2. The first kappa shape index (κ1) is 16.6. The SMILES string of the molecule is Cc1cc(C)n(-c2ccc(CCNC(=O)[C@H]3C[C@H]3c3ccco3)cc2)n1. The molecular formula is C21H23N3O2. The van der Waals surface area contributed by atoms with Crippen molar-refractivity contribution >= 4 is 5.91 Å². The Morgan fingerprint density at radius 2 is 2.08 bits per heavy atom. The highest BCUT2D eigenvalue weighted by Crippen LogP contribution is 2.47. The second-order valence-electron chi connectivity index (χ2n) is 7.01. The van der Waals surface area contributed by atoms with Crippen molar-refractivity contribution in [2.24, 2.45) is 5.92 Å². The van der Waals surface area contributed by atoms with Crippen LogP contribution in [0.3, 0.4) is 0 Å². The lowest BCUT2D eigenvalue weighted by molar-refractivity contribution is -0.122. The monoisotopic (exact) mass is 349 g/mol. The topological polar surface area (TPSA) is 60.1 Å². The maximum absolute atomic E-state index is 12.2. The zero-order valence-corrected chi connectivity index (χ0v) is 15.1. The average Bonchev–Trinajstić information content (AvgIpc) is 3.09. The van der Waals surface area contributed by atoms with E-state index >= 15 is 0 Å². The van der Waals surface area contributed by atoms with E-state index in [-0.39, 0.29) is 17.7 Å². The molecule has 2 atom stereocenters. The summed E-state index contributed by atoms with van der Waals surface area (Å²) in [5.74, 6) is 1.37. The van der Waals surface area contributed by atoms with Crippen LogP contribution in [0.25, 0.3) is 5.69 Å². The number of hydrogen-bond donors (Lipinski definition) is 1. The minimum Gasteiger partial charge on any atom is -0.469 e. The molecule has 134 valence electrons. The number of nitrogens with zero attached hydrogens (tertiary/aromatic N) is 2. The van der Waals surface area contributed by atoms with Crippen LogP contribution in [-0.4, -0.2) is 22.2 Å². The van der Waals surface area contributed by atoms with Gasteiger partial charge in [0, 0.05) is 24.1 Å². The normalized spacial score (nSPS) is 18.7. The number of benzene rings is 1. The van der Waals surface area contributed by atoms with Crippen LogP contribution in [0.1, 0.15) is 35.1 Å². The quantitative estimate of drug-likeness (QED) is 0.740. The molecule has 0 spiro atoms. The first-order chi connectivity index (χ1) is 12.6. The Morgan fingerprint density at radius 3 is 2.73 bits per heavy atom. The molecule has 1 aliphatic rings. The molecule has 3 aromatic rings. The third-order valence-electron chi connectivity index (χ3n) is 4.94. The van der Waals surface area contributed by atoms with Crippen LogP contribution >= 0.6 is 0 Å². The van der Waals surface area contributed by atoms with Gasteiger partial charge in [0.25, 0.3) is 0 Å². The largest absolute Gasteiger partial charge is 0.469 e. The molecule has 1 amide bonds. The predicted molar refractivity (Wildman–Crippen MR) is 99.3 cm³/mol. The van der Waals surface area contributed by atoms with E-state index in [0.29, 0.717) is 6.54 Å². The summed E-state index contributed by atoms with van der Waals surface area (Å²) in [5.41, 5.74) is 4.40. The maximum Gasteiger partial charge on any atom is 0.223 e. The zero-order chi connectivity index (χ0) is 18.1. The van der Waals surface area contributed by atoms with Crippen LogP contribution in [0, 0.1) is 19.8 Å². The van der Waals surface area contributed by atoms with E-state index in [4.69, 9.17) is 4.42 Å². The molecule has 1 saturated carbocycles. The summed E-state index contributed by atoms with van der Waals surface area (Å²) in [5, 5.41) is 7.55. The second kappa shape index (κ2) is 6.83. The van der Waals surface area contributed by atoms with Gasteiger partial charge in [0.15, 0.2) is 0 Å². The predicted octanol–water partition coefficient (Wildman–Crippen LogP) is 3.54. The lowest BCUT2D eigenvalue weighted by Crippen LogP contribution is -2.27. The number of nitrogens with one attached hydrogen (secondary N) is 1. The molecule has 1 fully saturated rings. The summed E-state index contributed by atoms with van der Waals surface area (Å²) in [7, 11) is 0. The summed E-state index contributed by atoms with van der Waals surface area (Å²) < 4.78 is 7.33. The van der Waals surface area contributed by atoms with Crippen molar-refractivity contribution in [1.29, 1.82) is 0 Å². The van der Waals surface area contributed by atoms with E-state index in [2.05, 4.69) is 47.7 Å². The fourth-order valence-electron chi connectivity index (χ4n) is 3.46. The van der Waals surface area contributed by atoms with Crippen LogP contribution in [0.4, 0.5) is 0 Å². The minimum absolute atomic E-state index is 0.0644. The molecule has 0 bridgehead atoms. The van der Waals surface area contributed by atoms with Gasteiger partial charge in [-0.1, -0.05) is 12.1 Å². The van der Waals surface area contributed by atoms with Crippen molar-refractivity contribution in [3.8, 4) is 5.69 Å². The molecule has 5 nitrogen and oxygen atoms in total. The molecular weight excluding hydrogens is 326 g/mol. The highest BCUT2D eigenvalue weighted by molar-refractivity contribution is 5.82. The van der Waals surface area contributed by atoms with Gasteiger partial charge in [0.2, 0.25) is 5.91 Å². The van der Waals surface area contributed by atoms with Gasteiger partial charge in [0.05, 0.1) is 17.6 Å². The van der Waals surface area contributed by atoms with Crippen LogP contribution in [0.2, 0.25) is 0 Å². The van der Waals surface area contributed by atoms with Crippen LogP contribution < -0.4 is 5.32 Å². The molecule has 0 saturated heterocycles. The number of aryl methyl sites for hydroxylation is 2. The van der Waals surface area contributed by atoms with Crippen LogP contribution in [0.15, 0.2) is 53.1 Å². The lowest BCUT2D eigenvalue weighted by atomic mass is 10.1. The van der Waals surface area contributed by atoms with Gasteiger partial charge in [-0.05, 0) is 62.6 Å². The van der Waals surface area contributed by atoms with Gasteiger partial charge in [-0.25, -0.2) is 4.68 Å². The number of hydrogen-bond acceptors (Lipinski definition) is 3. The number of amides is 1. The molecule has 26 heavy (non-hydrogen) atoms. The van der Waals surface area contributed by atoms with Gasteiger partial charge in [0.1, 0.15) is 5.76 Å². The molecule has 5 heteroatoms. The molecule has 0 aliphatic heterocycles. The summed E-state index contributed by atoms with van der Waals surface area (Å²) >= 11 is 0. The Bertz CT molecular complexity index is 894. The van der Waals surface area contributed by atoms with Crippen molar-refractivity contribution in [2.45, 2.75) is 32.6 Å². The van der Waals surface area contributed by atoms with Crippen molar-refractivity contribution in [2.75, 3.05) is 6.54 Å². The molecule has 1 aliphatic carbocycles. The van der Waals surface area contributed by atoms with Crippen molar-refractivity contribution in [3.63, 3.8) is 0 Å².